The Morgan fingerprint density at radius 2 is 1.83 bits per heavy atom. The highest BCUT2D eigenvalue weighted by Gasteiger charge is 2.25. The summed E-state index contributed by atoms with van der Waals surface area (Å²) < 4.78 is 40.1. The lowest BCUT2D eigenvalue weighted by molar-refractivity contribution is 0.176. The molecule has 0 spiro atoms. The van der Waals surface area contributed by atoms with Crippen molar-refractivity contribution in [3.63, 3.8) is 0 Å². The number of benzene rings is 2. The van der Waals surface area contributed by atoms with E-state index >= 15 is 0 Å². The van der Waals surface area contributed by atoms with Gasteiger partial charge in [-0.25, -0.2) is 18.0 Å². The van der Waals surface area contributed by atoms with E-state index in [9.17, 15) is 23.1 Å². The van der Waals surface area contributed by atoms with Crippen LogP contribution in [0.15, 0.2) is 36.4 Å². The molecule has 1 heterocycles. The van der Waals surface area contributed by atoms with Gasteiger partial charge in [0.1, 0.15) is 0 Å². The quantitative estimate of drug-likeness (QED) is 0.826. The Balaban J connectivity index is 1.90. The number of rotatable bonds is 2. The number of aliphatic hydroxyl groups excluding tert-OH is 1. The highest BCUT2D eigenvalue weighted by molar-refractivity contribution is 5.94. The number of nitrogens with zero attached hydrogens (tertiary/aromatic N) is 1. The van der Waals surface area contributed by atoms with Crippen molar-refractivity contribution in [2.75, 3.05) is 18.4 Å². The van der Waals surface area contributed by atoms with E-state index in [1.807, 2.05) is 0 Å². The van der Waals surface area contributed by atoms with Gasteiger partial charge in [0, 0.05) is 18.7 Å². The summed E-state index contributed by atoms with van der Waals surface area (Å²) in [6, 6.07) is 7.80. The van der Waals surface area contributed by atoms with Gasteiger partial charge in [0.25, 0.3) is 0 Å². The molecule has 7 heteroatoms. The maximum absolute atomic E-state index is 13.5. The number of urea groups is 1. The first-order valence-corrected chi connectivity index (χ1v) is 7.43. The van der Waals surface area contributed by atoms with Crippen LogP contribution in [0, 0.1) is 17.5 Å². The van der Waals surface area contributed by atoms with Crippen molar-refractivity contribution in [1.29, 1.82) is 0 Å². The smallest absolute Gasteiger partial charge is 0.321 e. The van der Waals surface area contributed by atoms with Gasteiger partial charge in [0.2, 0.25) is 0 Å². The van der Waals surface area contributed by atoms with Crippen molar-refractivity contribution in [2.24, 2.45) is 0 Å². The number of amides is 2. The molecule has 3 rings (SSSR count). The van der Waals surface area contributed by atoms with E-state index in [0.29, 0.717) is 24.2 Å². The molecule has 2 N–H and O–H groups in total. The zero-order chi connectivity index (χ0) is 17.3. The number of nitrogens with one attached hydrogen (secondary N) is 1. The molecule has 24 heavy (non-hydrogen) atoms. The van der Waals surface area contributed by atoms with Gasteiger partial charge < -0.3 is 15.3 Å². The largest absolute Gasteiger partial charge is 0.391 e. The highest BCUT2D eigenvalue weighted by Crippen LogP contribution is 2.30. The summed E-state index contributed by atoms with van der Waals surface area (Å²) in [6.45, 7) is 0.656. The third-order valence-corrected chi connectivity index (χ3v) is 3.91. The lowest BCUT2D eigenvalue weighted by atomic mass is 10.0. The van der Waals surface area contributed by atoms with Crippen LogP contribution in [-0.4, -0.2) is 35.2 Å². The number of halogens is 3. The summed E-state index contributed by atoms with van der Waals surface area (Å²) >= 11 is 0. The van der Waals surface area contributed by atoms with Gasteiger partial charge in [-0.3, -0.25) is 0 Å². The van der Waals surface area contributed by atoms with Crippen LogP contribution in [0.4, 0.5) is 23.7 Å². The standard InChI is InChI=1S/C17H15F3N2O2/c18-13-7-10(8-14(19)16(13)20)12-3-1-2-4-15(12)21-17(24)22-6-5-11(23)9-22/h1-4,7-8,11,23H,5-6,9H2,(H,21,24)/t11-/m0/s1. The van der Waals surface area contributed by atoms with Gasteiger partial charge in [0.05, 0.1) is 11.8 Å². The summed E-state index contributed by atoms with van der Waals surface area (Å²) in [5, 5.41) is 12.2. The fraction of sp³-hybridized carbons (Fsp3) is 0.235. The zero-order valence-electron chi connectivity index (χ0n) is 12.6. The molecule has 0 radical (unpaired) electrons. The van der Waals surface area contributed by atoms with Gasteiger partial charge in [0.15, 0.2) is 17.5 Å². The zero-order valence-corrected chi connectivity index (χ0v) is 12.6. The van der Waals surface area contributed by atoms with Crippen LogP contribution < -0.4 is 5.32 Å². The second-order valence-electron chi connectivity index (χ2n) is 5.62. The number of anilines is 1. The maximum Gasteiger partial charge on any atom is 0.321 e. The molecule has 2 aromatic carbocycles. The Labute approximate surface area is 136 Å². The molecule has 126 valence electrons. The van der Waals surface area contributed by atoms with Crippen LogP contribution in [0.25, 0.3) is 11.1 Å². The Hall–Kier alpha value is -2.54. The molecule has 1 fully saturated rings. The summed E-state index contributed by atoms with van der Waals surface area (Å²) in [4.78, 5) is 13.7. The molecule has 2 amide bonds. The monoisotopic (exact) mass is 336 g/mol. The molecule has 1 saturated heterocycles. The third-order valence-electron chi connectivity index (χ3n) is 3.91. The van der Waals surface area contributed by atoms with E-state index in [4.69, 9.17) is 0 Å². The molecule has 0 bridgehead atoms. The number of β-amino-alcohol motifs (C(OH)–C–C–N with tert-alkyl or cyclic N) is 1. The molecule has 1 aliphatic heterocycles. The average molecular weight is 336 g/mol. The molecule has 4 nitrogen and oxygen atoms in total. The highest BCUT2D eigenvalue weighted by atomic mass is 19.2. The minimum absolute atomic E-state index is 0.115. The van der Waals surface area contributed by atoms with Crippen LogP contribution >= 0.6 is 0 Å². The first-order valence-electron chi connectivity index (χ1n) is 7.43. The SMILES string of the molecule is O=C(Nc1ccccc1-c1cc(F)c(F)c(F)c1)N1CC[C@H](O)C1. The van der Waals surface area contributed by atoms with E-state index < -0.39 is 29.6 Å². The summed E-state index contributed by atoms with van der Waals surface area (Å²) in [6.07, 6.45) is -0.0463. The van der Waals surface area contributed by atoms with Gasteiger partial charge in [-0.1, -0.05) is 18.2 Å². The van der Waals surface area contributed by atoms with Crippen LogP contribution in [0.5, 0.6) is 0 Å². The third kappa shape index (κ3) is 3.21. The number of aliphatic hydroxyl groups is 1. The lowest BCUT2D eigenvalue weighted by Crippen LogP contribution is -2.33. The first kappa shape index (κ1) is 16.3. The Kier molecular flexibility index (Phi) is 4.44. The van der Waals surface area contributed by atoms with Gasteiger partial charge in [-0.15, -0.1) is 0 Å². The average Bonchev–Trinajstić information content (AvgIpc) is 2.99. The fourth-order valence-electron chi connectivity index (χ4n) is 2.68. The summed E-state index contributed by atoms with van der Waals surface area (Å²) in [7, 11) is 0. The number of para-hydroxylation sites is 1. The van der Waals surface area contributed by atoms with Crippen molar-refractivity contribution in [3.05, 3.63) is 53.8 Å². The van der Waals surface area contributed by atoms with Crippen LogP contribution in [0.3, 0.4) is 0 Å². The molecule has 1 aliphatic rings. The van der Waals surface area contributed by atoms with Crippen molar-refractivity contribution in [2.45, 2.75) is 12.5 Å². The minimum atomic E-state index is -1.54. The summed E-state index contributed by atoms with van der Waals surface area (Å²) in [5.74, 6) is -4.13. The van der Waals surface area contributed by atoms with E-state index in [1.165, 1.54) is 4.90 Å². The molecule has 0 saturated carbocycles. The van der Waals surface area contributed by atoms with E-state index in [0.717, 1.165) is 12.1 Å². The Morgan fingerprint density at radius 1 is 1.17 bits per heavy atom. The molecular formula is C17H15F3N2O2. The predicted octanol–water partition coefficient (Wildman–Crippen LogP) is 3.37. The predicted molar refractivity (Wildman–Crippen MR) is 83.0 cm³/mol. The molecule has 0 unspecified atom stereocenters. The number of likely N-dealkylation sites (tertiary alicyclic amines) is 1. The number of hydrogen-bond acceptors (Lipinski definition) is 2. The second-order valence-corrected chi connectivity index (χ2v) is 5.62. The molecule has 0 aliphatic carbocycles. The Morgan fingerprint density at radius 3 is 2.46 bits per heavy atom. The van der Waals surface area contributed by atoms with E-state index in [-0.39, 0.29) is 12.1 Å². The molecule has 0 aromatic heterocycles. The van der Waals surface area contributed by atoms with Crippen molar-refractivity contribution in [1.82, 2.24) is 4.90 Å². The summed E-state index contributed by atoms with van der Waals surface area (Å²) in [5.41, 5.74) is 0.821. The molecule has 1 atom stereocenters. The van der Waals surface area contributed by atoms with Gasteiger partial charge in [-0.2, -0.15) is 0 Å². The second kappa shape index (κ2) is 6.52. The minimum Gasteiger partial charge on any atom is -0.391 e. The first-order chi connectivity index (χ1) is 11.5. The number of hydrogen-bond donors (Lipinski definition) is 2. The van der Waals surface area contributed by atoms with Crippen molar-refractivity contribution >= 4 is 11.7 Å². The van der Waals surface area contributed by atoms with E-state index in [2.05, 4.69) is 5.32 Å². The fourth-order valence-corrected chi connectivity index (χ4v) is 2.68. The number of carbonyl (C=O) groups excluding carboxylic acids is 1. The lowest BCUT2D eigenvalue weighted by Gasteiger charge is -2.18. The normalized spacial score (nSPS) is 17.2. The topological polar surface area (TPSA) is 52.6 Å². The van der Waals surface area contributed by atoms with Gasteiger partial charge >= 0.3 is 6.03 Å². The van der Waals surface area contributed by atoms with Crippen LogP contribution in [0.1, 0.15) is 6.42 Å². The number of carbonyl (C=O) groups is 1. The molecule has 2 aromatic rings. The molecular weight excluding hydrogens is 321 g/mol. The Bertz CT molecular complexity index is 759. The van der Waals surface area contributed by atoms with Crippen molar-refractivity contribution < 1.29 is 23.1 Å². The van der Waals surface area contributed by atoms with Gasteiger partial charge in [-0.05, 0) is 30.2 Å². The maximum atomic E-state index is 13.5. The van der Waals surface area contributed by atoms with Crippen LogP contribution in [0.2, 0.25) is 0 Å². The van der Waals surface area contributed by atoms with E-state index in [1.54, 1.807) is 24.3 Å². The van der Waals surface area contributed by atoms with Crippen LogP contribution in [-0.2, 0) is 0 Å². The van der Waals surface area contributed by atoms with Crippen molar-refractivity contribution in [3.8, 4) is 11.1 Å².